The van der Waals surface area contributed by atoms with Crippen LogP contribution in [0.25, 0.3) is 0 Å². The Bertz CT molecular complexity index is 266. The van der Waals surface area contributed by atoms with Crippen molar-refractivity contribution in [2.45, 2.75) is 12.8 Å². The maximum absolute atomic E-state index is 10.8. The van der Waals surface area contributed by atoms with Crippen molar-refractivity contribution in [3.63, 3.8) is 0 Å². The van der Waals surface area contributed by atoms with Gasteiger partial charge in [0.15, 0.2) is 5.78 Å². The molecule has 0 spiro atoms. The van der Waals surface area contributed by atoms with Crippen molar-refractivity contribution in [1.29, 1.82) is 0 Å². The van der Waals surface area contributed by atoms with Crippen LogP contribution >= 0.6 is 0 Å². The van der Waals surface area contributed by atoms with E-state index in [0.29, 0.717) is 0 Å². The largest absolute Gasteiger partial charge is 0.290 e. The number of fused-ring (bicyclic) bond motifs is 1. The summed E-state index contributed by atoms with van der Waals surface area (Å²) in [5.74, 6) is 0.133. The van der Waals surface area contributed by atoms with Gasteiger partial charge in [-0.2, -0.15) is 0 Å². The molecule has 0 aromatic heterocycles. The van der Waals surface area contributed by atoms with E-state index < -0.39 is 0 Å². The lowest BCUT2D eigenvalue weighted by molar-refractivity contribution is -0.110. The third-order valence-corrected chi connectivity index (χ3v) is 1.89. The smallest absolute Gasteiger partial charge is 0.178 e. The number of ketones is 1. The molecule has 0 saturated heterocycles. The molecule has 0 radical (unpaired) electrons. The van der Waals surface area contributed by atoms with Crippen molar-refractivity contribution in [2.75, 3.05) is 0 Å². The van der Waals surface area contributed by atoms with E-state index in [1.807, 2.05) is 6.08 Å². The van der Waals surface area contributed by atoms with Gasteiger partial charge < -0.3 is 0 Å². The van der Waals surface area contributed by atoms with Gasteiger partial charge >= 0.3 is 0 Å². The molecular formula is C9H8O. The Hall–Kier alpha value is -1.11. The van der Waals surface area contributed by atoms with Gasteiger partial charge in [-0.1, -0.05) is 12.2 Å². The fourth-order valence-corrected chi connectivity index (χ4v) is 1.38. The summed E-state index contributed by atoms with van der Waals surface area (Å²) in [4.78, 5) is 10.8. The van der Waals surface area contributed by atoms with E-state index in [0.717, 1.165) is 12.8 Å². The molecule has 0 aromatic carbocycles. The lowest BCUT2D eigenvalue weighted by atomic mass is 10.0. The van der Waals surface area contributed by atoms with Crippen LogP contribution < -0.4 is 0 Å². The first-order valence-corrected chi connectivity index (χ1v) is 3.49. The predicted molar refractivity (Wildman–Crippen MR) is 39.5 cm³/mol. The monoisotopic (exact) mass is 132 g/mol. The Morgan fingerprint density at radius 1 is 1.30 bits per heavy atom. The van der Waals surface area contributed by atoms with Gasteiger partial charge in [-0.05, 0) is 36.1 Å². The molecule has 0 fully saturated rings. The molecule has 1 heteroatoms. The Labute approximate surface area is 59.7 Å². The minimum Gasteiger partial charge on any atom is -0.290 e. The van der Waals surface area contributed by atoms with Crippen LogP contribution in [0.2, 0.25) is 0 Å². The van der Waals surface area contributed by atoms with E-state index in [1.54, 1.807) is 12.2 Å². The van der Waals surface area contributed by atoms with Crippen molar-refractivity contribution >= 4 is 5.78 Å². The summed E-state index contributed by atoms with van der Waals surface area (Å²) < 4.78 is 0. The number of carbonyl (C=O) groups is 1. The summed E-state index contributed by atoms with van der Waals surface area (Å²) in [6.07, 6.45) is 9.59. The van der Waals surface area contributed by atoms with E-state index in [9.17, 15) is 4.79 Å². The Morgan fingerprint density at radius 2 is 2.20 bits per heavy atom. The number of rotatable bonds is 0. The first-order valence-electron chi connectivity index (χ1n) is 3.49. The molecule has 2 aliphatic rings. The van der Waals surface area contributed by atoms with Gasteiger partial charge in [0, 0.05) is 0 Å². The molecule has 2 aliphatic carbocycles. The van der Waals surface area contributed by atoms with Crippen molar-refractivity contribution in [3.05, 3.63) is 35.5 Å². The van der Waals surface area contributed by atoms with Crippen LogP contribution in [0.15, 0.2) is 35.5 Å². The molecule has 0 N–H and O–H groups in total. The van der Waals surface area contributed by atoms with Gasteiger partial charge in [0.2, 0.25) is 0 Å². The first-order chi connectivity index (χ1) is 4.86. The van der Waals surface area contributed by atoms with E-state index in [4.69, 9.17) is 0 Å². The van der Waals surface area contributed by atoms with Crippen molar-refractivity contribution in [3.8, 4) is 0 Å². The van der Waals surface area contributed by atoms with E-state index in [-0.39, 0.29) is 5.78 Å². The van der Waals surface area contributed by atoms with Gasteiger partial charge in [-0.15, -0.1) is 0 Å². The third-order valence-electron chi connectivity index (χ3n) is 1.89. The zero-order valence-electron chi connectivity index (χ0n) is 5.63. The van der Waals surface area contributed by atoms with E-state index in [1.165, 1.54) is 11.1 Å². The van der Waals surface area contributed by atoms with Crippen LogP contribution in [0, 0.1) is 0 Å². The molecular weight excluding hydrogens is 124 g/mol. The molecule has 2 rings (SSSR count). The molecule has 0 aromatic rings. The summed E-state index contributed by atoms with van der Waals surface area (Å²) in [5.41, 5.74) is 2.46. The highest BCUT2D eigenvalue weighted by Gasteiger charge is 2.12. The summed E-state index contributed by atoms with van der Waals surface area (Å²) in [6, 6.07) is 0. The number of hydrogen-bond acceptors (Lipinski definition) is 1. The summed E-state index contributed by atoms with van der Waals surface area (Å²) >= 11 is 0. The summed E-state index contributed by atoms with van der Waals surface area (Å²) in [5, 5.41) is 0. The van der Waals surface area contributed by atoms with Crippen molar-refractivity contribution in [2.24, 2.45) is 0 Å². The minimum absolute atomic E-state index is 0.133. The third kappa shape index (κ3) is 0.747. The maximum Gasteiger partial charge on any atom is 0.178 e. The molecule has 0 bridgehead atoms. The van der Waals surface area contributed by atoms with Crippen molar-refractivity contribution in [1.82, 2.24) is 0 Å². The molecule has 0 aliphatic heterocycles. The zero-order valence-corrected chi connectivity index (χ0v) is 5.63. The maximum atomic E-state index is 10.8. The highest BCUT2D eigenvalue weighted by Crippen LogP contribution is 2.27. The second-order valence-electron chi connectivity index (χ2n) is 2.60. The molecule has 10 heavy (non-hydrogen) atoms. The number of hydrogen-bond donors (Lipinski definition) is 0. The van der Waals surface area contributed by atoms with Gasteiger partial charge in [0.05, 0.1) is 0 Å². The van der Waals surface area contributed by atoms with E-state index >= 15 is 0 Å². The number of carbonyl (C=O) groups excluding carboxylic acids is 1. The molecule has 0 saturated carbocycles. The molecule has 0 atom stereocenters. The molecule has 0 heterocycles. The number of allylic oxidation sites excluding steroid dienone is 6. The Balaban J connectivity index is 2.43. The SMILES string of the molecule is O=C1C=CC2=CCCC2=C1. The molecule has 50 valence electrons. The van der Waals surface area contributed by atoms with Crippen molar-refractivity contribution < 1.29 is 4.79 Å². The van der Waals surface area contributed by atoms with Crippen LogP contribution in [0.5, 0.6) is 0 Å². The fraction of sp³-hybridized carbons (Fsp3) is 0.222. The van der Waals surface area contributed by atoms with Gasteiger partial charge in [-0.25, -0.2) is 0 Å². The van der Waals surface area contributed by atoms with Crippen LogP contribution in [0.3, 0.4) is 0 Å². The highest BCUT2D eigenvalue weighted by molar-refractivity contribution is 6.02. The Morgan fingerprint density at radius 3 is 3.10 bits per heavy atom. The van der Waals surface area contributed by atoms with Gasteiger partial charge in [0.25, 0.3) is 0 Å². The van der Waals surface area contributed by atoms with Gasteiger partial charge in [0.1, 0.15) is 0 Å². The lowest BCUT2D eigenvalue weighted by Gasteiger charge is -2.02. The standard InChI is InChI=1S/C9H8O/c10-9-5-4-7-2-1-3-8(7)6-9/h2,4-6H,1,3H2. The topological polar surface area (TPSA) is 17.1 Å². The zero-order chi connectivity index (χ0) is 6.97. The van der Waals surface area contributed by atoms with Crippen LogP contribution in [-0.4, -0.2) is 5.78 Å². The fourth-order valence-electron chi connectivity index (χ4n) is 1.38. The van der Waals surface area contributed by atoms with Crippen LogP contribution in [0.4, 0.5) is 0 Å². The van der Waals surface area contributed by atoms with Gasteiger partial charge in [-0.3, -0.25) is 4.79 Å². The Kier molecular flexibility index (Phi) is 1.10. The van der Waals surface area contributed by atoms with Crippen LogP contribution in [-0.2, 0) is 4.79 Å². The van der Waals surface area contributed by atoms with Crippen LogP contribution in [0.1, 0.15) is 12.8 Å². The normalized spacial score (nSPS) is 22.2. The highest BCUT2D eigenvalue weighted by atomic mass is 16.1. The minimum atomic E-state index is 0.133. The quantitative estimate of drug-likeness (QED) is 0.491. The van der Waals surface area contributed by atoms with E-state index in [2.05, 4.69) is 6.08 Å². The predicted octanol–water partition coefficient (Wildman–Crippen LogP) is 1.77. The average molecular weight is 132 g/mol. The lowest BCUT2D eigenvalue weighted by Crippen LogP contribution is -1.95. The first kappa shape index (κ1) is 5.66. The molecule has 1 nitrogen and oxygen atoms in total. The second kappa shape index (κ2) is 1.94. The second-order valence-corrected chi connectivity index (χ2v) is 2.60. The summed E-state index contributed by atoms with van der Waals surface area (Å²) in [7, 11) is 0. The average Bonchev–Trinajstić information content (AvgIpc) is 2.33. The molecule has 0 unspecified atom stereocenters. The summed E-state index contributed by atoms with van der Waals surface area (Å²) in [6.45, 7) is 0. The molecule has 0 amide bonds.